The second-order valence-corrected chi connectivity index (χ2v) is 7.58. The Morgan fingerprint density at radius 2 is 1.92 bits per heavy atom. The van der Waals surface area contributed by atoms with Crippen LogP contribution in [-0.4, -0.2) is 16.2 Å². The number of ether oxygens (including phenoxy) is 1. The van der Waals surface area contributed by atoms with Gasteiger partial charge < -0.3 is 14.7 Å². The lowest BCUT2D eigenvalue weighted by molar-refractivity contribution is 0.419. The van der Waals surface area contributed by atoms with Crippen molar-refractivity contribution in [3.05, 3.63) is 56.8 Å². The van der Waals surface area contributed by atoms with Crippen molar-refractivity contribution in [3.63, 3.8) is 0 Å². The van der Waals surface area contributed by atoms with Crippen LogP contribution in [0.5, 0.6) is 11.6 Å². The van der Waals surface area contributed by atoms with Crippen LogP contribution in [0.1, 0.15) is 18.7 Å². The van der Waals surface area contributed by atoms with E-state index in [1.165, 1.54) is 16.7 Å². The molecule has 0 bridgehead atoms. The molecule has 6 heteroatoms. The number of nitrogens with zero attached hydrogens (tertiary/aromatic N) is 2. The van der Waals surface area contributed by atoms with Crippen molar-refractivity contribution < 1.29 is 9.84 Å². The predicted octanol–water partition coefficient (Wildman–Crippen LogP) is 5.53. The topological polar surface area (TPSA) is 37.6 Å². The normalized spacial score (nSPS) is 12.8. The van der Waals surface area contributed by atoms with Gasteiger partial charge in [-0.15, -0.1) is 11.3 Å². The first-order valence-corrected chi connectivity index (χ1v) is 9.72. The molecule has 0 aliphatic carbocycles. The lowest BCUT2D eigenvalue weighted by Gasteiger charge is -2.13. The summed E-state index contributed by atoms with van der Waals surface area (Å²) in [4.78, 5) is 2.76. The molecule has 0 radical (unpaired) electrons. The highest BCUT2D eigenvalue weighted by Gasteiger charge is 2.25. The van der Waals surface area contributed by atoms with Gasteiger partial charge in [-0.05, 0) is 49.0 Å². The Hall–Kier alpha value is -2.53. The largest absolute Gasteiger partial charge is 0.493 e. The summed E-state index contributed by atoms with van der Waals surface area (Å²) in [5, 5.41) is 12.6. The SMILES string of the molecule is CCN1C(=C=Cc2sc(=S)n(CC)c2O)Oc2cc3ccccc3cc21. The van der Waals surface area contributed by atoms with Crippen molar-refractivity contribution in [2.24, 2.45) is 0 Å². The molecule has 132 valence electrons. The van der Waals surface area contributed by atoms with E-state index in [1.807, 2.05) is 19.1 Å². The minimum Gasteiger partial charge on any atom is -0.493 e. The molecule has 0 saturated heterocycles. The fourth-order valence-electron chi connectivity index (χ4n) is 3.10. The van der Waals surface area contributed by atoms with Gasteiger partial charge in [0.15, 0.2) is 9.70 Å². The zero-order chi connectivity index (χ0) is 18.3. The third-order valence-electron chi connectivity index (χ3n) is 4.42. The first kappa shape index (κ1) is 16.9. The number of hydrogen-bond donors (Lipinski definition) is 1. The van der Waals surface area contributed by atoms with Crippen LogP contribution in [0, 0.1) is 3.95 Å². The summed E-state index contributed by atoms with van der Waals surface area (Å²) in [6, 6.07) is 12.4. The van der Waals surface area contributed by atoms with Crippen LogP contribution in [0.25, 0.3) is 16.8 Å². The van der Waals surface area contributed by atoms with Crippen LogP contribution in [0.15, 0.2) is 48.0 Å². The number of rotatable bonds is 3. The van der Waals surface area contributed by atoms with Crippen molar-refractivity contribution in [3.8, 4) is 11.6 Å². The minimum atomic E-state index is 0.180. The van der Waals surface area contributed by atoms with Crippen LogP contribution >= 0.6 is 23.6 Å². The summed E-state index contributed by atoms with van der Waals surface area (Å²) in [6.07, 6.45) is 1.74. The molecule has 1 aromatic heterocycles. The summed E-state index contributed by atoms with van der Waals surface area (Å²) >= 11 is 6.65. The van der Waals surface area contributed by atoms with Gasteiger partial charge in [0.2, 0.25) is 11.8 Å². The number of aromatic nitrogens is 1. The standard InChI is InChI=1S/C20H18N2O2S2/c1-3-21-15-11-13-7-5-6-8-14(13)12-16(15)24-18(21)10-9-17-19(23)22(4-2)20(25)26-17/h5-9,11-12,23H,3-4H2,1-2H3. The Morgan fingerprint density at radius 3 is 2.58 bits per heavy atom. The lowest BCUT2D eigenvalue weighted by atomic mass is 10.1. The molecule has 26 heavy (non-hydrogen) atoms. The molecule has 0 fully saturated rings. The van der Waals surface area contributed by atoms with E-state index in [4.69, 9.17) is 17.0 Å². The zero-order valence-electron chi connectivity index (χ0n) is 14.5. The highest BCUT2D eigenvalue weighted by atomic mass is 32.1. The zero-order valence-corrected chi connectivity index (χ0v) is 16.2. The summed E-state index contributed by atoms with van der Waals surface area (Å²) in [6.45, 7) is 5.43. The van der Waals surface area contributed by atoms with Gasteiger partial charge in [0.25, 0.3) is 0 Å². The van der Waals surface area contributed by atoms with E-state index in [1.54, 1.807) is 10.6 Å². The van der Waals surface area contributed by atoms with Gasteiger partial charge in [-0.2, -0.15) is 0 Å². The average molecular weight is 383 g/mol. The van der Waals surface area contributed by atoms with Crippen LogP contribution in [-0.2, 0) is 6.54 Å². The Morgan fingerprint density at radius 1 is 1.19 bits per heavy atom. The molecule has 2 aromatic carbocycles. The van der Waals surface area contributed by atoms with Gasteiger partial charge >= 0.3 is 0 Å². The second kappa shape index (κ2) is 6.65. The van der Waals surface area contributed by atoms with Crippen LogP contribution in [0.4, 0.5) is 5.69 Å². The molecule has 1 N–H and O–H groups in total. The fourth-order valence-corrected chi connectivity index (χ4v) is 4.42. The number of benzene rings is 2. The van der Waals surface area contributed by atoms with Crippen molar-refractivity contribution in [2.75, 3.05) is 11.4 Å². The summed E-state index contributed by atoms with van der Waals surface area (Å²) < 4.78 is 8.39. The molecule has 3 aromatic rings. The molecule has 4 nitrogen and oxygen atoms in total. The molecular formula is C20H18N2O2S2. The Bertz CT molecular complexity index is 1120. The van der Waals surface area contributed by atoms with Gasteiger partial charge in [-0.25, -0.2) is 0 Å². The highest BCUT2D eigenvalue weighted by molar-refractivity contribution is 7.73. The van der Waals surface area contributed by atoms with E-state index >= 15 is 0 Å². The molecule has 0 atom stereocenters. The molecule has 2 heterocycles. The van der Waals surface area contributed by atoms with E-state index in [0.717, 1.165) is 23.4 Å². The van der Waals surface area contributed by atoms with Gasteiger partial charge in [-0.3, -0.25) is 4.57 Å². The molecule has 1 aliphatic heterocycles. The minimum absolute atomic E-state index is 0.180. The molecule has 1 aliphatic rings. The van der Waals surface area contributed by atoms with Crippen molar-refractivity contribution in [1.82, 2.24) is 4.57 Å². The van der Waals surface area contributed by atoms with Crippen LogP contribution in [0.3, 0.4) is 0 Å². The third-order valence-corrected chi connectivity index (χ3v) is 5.81. The highest BCUT2D eigenvalue weighted by Crippen LogP contribution is 2.41. The van der Waals surface area contributed by atoms with E-state index in [9.17, 15) is 5.11 Å². The first-order chi connectivity index (χ1) is 12.6. The van der Waals surface area contributed by atoms with Crippen molar-refractivity contribution in [1.29, 1.82) is 0 Å². The maximum atomic E-state index is 10.3. The van der Waals surface area contributed by atoms with Gasteiger partial charge in [0.05, 0.1) is 10.6 Å². The molecule has 0 saturated carbocycles. The third kappa shape index (κ3) is 2.72. The van der Waals surface area contributed by atoms with Gasteiger partial charge in [-0.1, -0.05) is 30.0 Å². The average Bonchev–Trinajstić information content (AvgIpc) is 3.13. The van der Waals surface area contributed by atoms with E-state index in [2.05, 4.69) is 41.8 Å². The second-order valence-electron chi connectivity index (χ2n) is 5.91. The molecule has 0 spiro atoms. The Balaban J connectivity index is 1.78. The van der Waals surface area contributed by atoms with Gasteiger partial charge in [0, 0.05) is 19.2 Å². The van der Waals surface area contributed by atoms with E-state index in [-0.39, 0.29) is 5.88 Å². The van der Waals surface area contributed by atoms with E-state index in [0.29, 0.717) is 21.3 Å². The smallest absolute Gasteiger partial charge is 0.246 e. The number of thiazole rings is 1. The monoisotopic (exact) mass is 382 g/mol. The van der Waals surface area contributed by atoms with Crippen molar-refractivity contribution in [2.45, 2.75) is 20.4 Å². The Labute approximate surface area is 160 Å². The van der Waals surface area contributed by atoms with Crippen LogP contribution in [0.2, 0.25) is 0 Å². The van der Waals surface area contributed by atoms with E-state index < -0.39 is 0 Å². The lowest BCUT2D eigenvalue weighted by Crippen LogP contribution is -2.18. The summed E-state index contributed by atoms with van der Waals surface area (Å²) in [7, 11) is 0. The van der Waals surface area contributed by atoms with Gasteiger partial charge in [0.1, 0.15) is 0 Å². The van der Waals surface area contributed by atoms with Crippen LogP contribution < -0.4 is 9.64 Å². The molecule has 0 amide bonds. The maximum Gasteiger partial charge on any atom is 0.246 e. The quantitative estimate of drug-likeness (QED) is 0.477. The molecule has 4 rings (SSSR count). The number of fused-ring (bicyclic) bond motifs is 2. The van der Waals surface area contributed by atoms with Crippen molar-refractivity contribution >= 4 is 46.1 Å². The summed E-state index contributed by atoms with van der Waals surface area (Å²) in [5.41, 5.74) is 4.22. The summed E-state index contributed by atoms with van der Waals surface area (Å²) in [5.74, 6) is 1.63. The predicted molar refractivity (Wildman–Crippen MR) is 110 cm³/mol. The molecular weight excluding hydrogens is 364 g/mol. The molecule has 0 unspecified atom stereocenters. The maximum absolute atomic E-state index is 10.3. The number of aromatic hydroxyl groups is 1. The fraction of sp³-hybridized carbons (Fsp3) is 0.200. The number of anilines is 1. The first-order valence-electron chi connectivity index (χ1n) is 8.49. The number of hydrogen-bond acceptors (Lipinski definition) is 5. The Kier molecular flexibility index (Phi) is 4.32.